The minimum Gasteiger partial charge on any atom is -0.434 e. The van der Waals surface area contributed by atoms with Crippen molar-refractivity contribution in [2.24, 2.45) is 0 Å². The van der Waals surface area contributed by atoms with Gasteiger partial charge < -0.3 is 14.6 Å². The van der Waals surface area contributed by atoms with Crippen LogP contribution >= 0.6 is 12.2 Å². The predicted octanol–water partition coefficient (Wildman–Crippen LogP) is 4.83. The van der Waals surface area contributed by atoms with Gasteiger partial charge in [0, 0.05) is 42.2 Å². The van der Waals surface area contributed by atoms with E-state index >= 15 is 0 Å². The highest BCUT2D eigenvalue weighted by molar-refractivity contribution is 7.80. The monoisotopic (exact) mass is 502 g/mol. The first-order chi connectivity index (χ1) is 17.4. The molecular weight excluding hydrogens is 480 g/mol. The highest BCUT2D eigenvalue weighted by Gasteiger charge is 2.24. The summed E-state index contributed by atoms with van der Waals surface area (Å²) in [7, 11) is 0. The van der Waals surface area contributed by atoms with Crippen LogP contribution in [0.5, 0.6) is 0 Å². The number of amides is 1. The van der Waals surface area contributed by atoms with Crippen LogP contribution in [0.2, 0.25) is 0 Å². The third-order valence-corrected chi connectivity index (χ3v) is 6.21. The van der Waals surface area contributed by atoms with Crippen LogP contribution in [0.25, 0.3) is 22.7 Å². The van der Waals surface area contributed by atoms with Crippen molar-refractivity contribution in [2.75, 3.05) is 23.3 Å². The van der Waals surface area contributed by atoms with E-state index in [-0.39, 0.29) is 16.4 Å². The Kier molecular flexibility index (Phi) is 6.30. The van der Waals surface area contributed by atoms with Crippen molar-refractivity contribution in [3.63, 3.8) is 0 Å². The smallest absolute Gasteiger partial charge is 0.293 e. The summed E-state index contributed by atoms with van der Waals surface area (Å²) in [6, 6.07) is 13.6. The third-order valence-electron chi connectivity index (χ3n) is 6.01. The maximum atomic E-state index is 12.8. The molecule has 4 aromatic rings. The van der Waals surface area contributed by atoms with Crippen LogP contribution in [0.4, 0.5) is 17.1 Å². The lowest BCUT2D eigenvalue weighted by Gasteiger charge is -2.18. The molecule has 0 bridgehead atoms. The van der Waals surface area contributed by atoms with Crippen molar-refractivity contribution in [2.45, 2.75) is 19.8 Å². The number of fused-ring (bicyclic) bond motifs is 1. The zero-order valence-electron chi connectivity index (χ0n) is 19.4. The van der Waals surface area contributed by atoms with Gasteiger partial charge in [0.15, 0.2) is 16.3 Å². The van der Waals surface area contributed by atoms with E-state index in [4.69, 9.17) is 16.6 Å². The van der Waals surface area contributed by atoms with Crippen LogP contribution in [0.1, 0.15) is 28.8 Å². The first kappa shape index (κ1) is 23.4. The molecule has 1 aliphatic heterocycles. The van der Waals surface area contributed by atoms with Crippen LogP contribution < -0.4 is 15.5 Å². The van der Waals surface area contributed by atoms with Crippen molar-refractivity contribution in [1.29, 1.82) is 0 Å². The molecule has 1 amide bonds. The number of anilines is 2. The van der Waals surface area contributed by atoms with E-state index < -0.39 is 10.8 Å². The summed E-state index contributed by atoms with van der Waals surface area (Å²) in [5.74, 6) is -0.130. The number of carbonyl (C=O) groups excluding carboxylic acids is 1. The van der Waals surface area contributed by atoms with E-state index in [1.54, 1.807) is 30.5 Å². The van der Waals surface area contributed by atoms with E-state index in [1.165, 1.54) is 6.07 Å². The Labute approximate surface area is 211 Å². The van der Waals surface area contributed by atoms with Gasteiger partial charge in [-0.05, 0) is 73.9 Å². The van der Waals surface area contributed by atoms with Gasteiger partial charge in [0.1, 0.15) is 5.69 Å². The lowest BCUT2D eigenvalue weighted by atomic mass is 10.1. The number of nitrogens with one attached hydrogen (secondary N) is 2. The first-order valence-corrected chi connectivity index (χ1v) is 11.8. The lowest BCUT2D eigenvalue weighted by Crippen LogP contribution is -2.34. The highest BCUT2D eigenvalue weighted by atomic mass is 32.1. The molecule has 10 nitrogen and oxygen atoms in total. The molecule has 0 unspecified atom stereocenters. The average molecular weight is 503 g/mol. The largest absolute Gasteiger partial charge is 0.434 e. The fourth-order valence-corrected chi connectivity index (χ4v) is 4.35. The van der Waals surface area contributed by atoms with Crippen molar-refractivity contribution >= 4 is 51.5 Å². The molecule has 3 heterocycles. The van der Waals surface area contributed by atoms with Gasteiger partial charge in [-0.1, -0.05) is 6.07 Å². The van der Waals surface area contributed by atoms with E-state index in [9.17, 15) is 14.9 Å². The number of hydrogen-bond donors (Lipinski definition) is 2. The molecule has 0 saturated carbocycles. The fourth-order valence-electron chi connectivity index (χ4n) is 4.15. The molecule has 0 atom stereocenters. The molecule has 0 spiro atoms. The summed E-state index contributed by atoms with van der Waals surface area (Å²) in [4.78, 5) is 34.6. The molecule has 36 heavy (non-hydrogen) atoms. The van der Waals surface area contributed by atoms with Gasteiger partial charge in [0.2, 0.25) is 5.89 Å². The van der Waals surface area contributed by atoms with Crippen LogP contribution in [0.15, 0.2) is 59.1 Å². The second-order valence-electron chi connectivity index (χ2n) is 8.44. The van der Waals surface area contributed by atoms with Gasteiger partial charge in [0.25, 0.3) is 11.6 Å². The summed E-state index contributed by atoms with van der Waals surface area (Å²) in [5.41, 5.74) is 3.92. The maximum absolute atomic E-state index is 12.8. The number of benzene rings is 2. The Morgan fingerprint density at radius 3 is 2.72 bits per heavy atom. The number of hydrogen-bond acceptors (Lipinski definition) is 8. The minimum atomic E-state index is -0.539. The zero-order chi connectivity index (χ0) is 25.2. The Morgan fingerprint density at radius 1 is 1.17 bits per heavy atom. The molecule has 11 heteroatoms. The number of aryl methyl sites for hydroxylation is 1. The van der Waals surface area contributed by atoms with Crippen LogP contribution in [-0.4, -0.2) is 39.0 Å². The molecule has 0 aliphatic carbocycles. The standard InChI is InChI=1S/C25H22N6O4S/c1-15-6-7-17(24-28-22-21(35-24)5-4-10-26-22)13-18(15)27-25(36)29-23(32)16-8-9-19(20(14-16)31(33)34)30-11-2-3-12-30/h4-10,13-14H,2-3,11-12H2,1H3,(H2,27,29,32,36). The maximum Gasteiger partial charge on any atom is 0.293 e. The summed E-state index contributed by atoms with van der Waals surface area (Å²) in [5, 5.41) is 17.3. The molecule has 1 saturated heterocycles. The van der Waals surface area contributed by atoms with Crippen molar-refractivity contribution in [3.8, 4) is 11.5 Å². The lowest BCUT2D eigenvalue weighted by molar-refractivity contribution is -0.384. The van der Waals surface area contributed by atoms with Crippen LogP contribution in [-0.2, 0) is 0 Å². The van der Waals surface area contributed by atoms with E-state index in [2.05, 4.69) is 20.6 Å². The number of nitro benzene ring substituents is 1. The quantitative estimate of drug-likeness (QED) is 0.224. The van der Waals surface area contributed by atoms with Gasteiger partial charge in [-0.25, -0.2) is 4.98 Å². The average Bonchev–Trinajstić information content (AvgIpc) is 3.55. The summed E-state index contributed by atoms with van der Waals surface area (Å²) in [6.45, 7) is 3.42. The predicted molar refractivity (Wildman–Crippen MR) is 140 cm³/mol. The molecule has 0 radical (unpaired) electrons. The van der Waals surface area contributed by atoms with Crippen LogP contribution in [0, 0.1) is 17.0 Å². The first-order valence-electron chi connectivity index (χ1n) is 11.4. The Bertz CT molecular complexity index is 1460. The number of aromatic nitrogens is 2. The fraction of sp³-hybridized carbons (Fsp3) is 0.200. The number of pyridine rings is 1. The number of carbonyl (C=O) groups is 1. The number of thiocarbonyl (C=S) groups is 1. The second-order valence-corrected chi connectivity index (χ2v) is 8.85. The minimum absolute atomic E-state index is 0.0609. The van der Waals surface area contributed by atoms with Gasteiger partial charge in [0.05, 0.1) is 4.92 Å². The summed E-state index contributed by atoms with van der Waals surface area (Å²) >= 11 is 5.35. The molecular formula is C25H22N6O4S. The number of nitrogens with zero attached hydrogens (tertiary/aromatic N) is 4. The van der Waals surface area contributed by atoms with Gasteiger partial charge in [-0.15, -0.1) is 0 Å². The van der Waals surface area contributed by atoms with E-state index in [0.29, 0.717) is 34.1 Å². The van der Waals surface area contributed by atoms with Crippen molar-refractivity contribution in [3.05, 3.63) is 76.0 Å². The normalized spacial score (nSPS) is 13.1. The highest BCUT2D eigenvalue weighted by Crippen LogP contribution is 2.32. The SMILES string of the molecule is Cc1ccc(-c2nc3ncccc3o2)cc1NC(=S)NC(=O)c1ccc(N2CCCC2)c([N+](=O)[O-])c1. The van der Waals surface area contributed by atoms with E-state index in [1.807, 2.05) is 30.0 Å². The topological polar surface area (TPSA) is 126 Å². The summed E-state index contributed by atoms with van der Waals surface area (Å²) in [6.07, 6.45) is 3.62. The van der Waals surface area contributed by atoms with E-state index in [0.717, 1.165) is 31.5 Å². The Morgan fingerprint density at radius 2 is 1.97 bits per heavy atom. The Hall–Kier alpha value is -4.38. The third kappa shape index (κ3) is 4.73. The molecule has 1 aliphatic rings. The van der Waals surface area contributed by atoms with Crippen molar-refractivity contribution in [1.82, 2.24) is 15.3 Å². The van der Waals surface area contributed by atoms with Crippen LogP contribution in [0.3, 0.4) is 0 Å². The zero-order valence-corrected chi connectivity index (χ0v) is 20.2. The molecule has 2 N–H and O–H groups in total. The van der Waals surface area contributed by atoms with Gasteiger partial charge >= 0.3 is 0 Å². The summed E-state index contributed by atoms with van der Waals surface area (Å²) < 4.78 is 5.79. The molecule has 182 valence electrons. The number of oxazole rings is 1. The molecule has 5 rings (SSSR count). The number of nitro groups is 1. The molecule has 2 aromatic heterocycles. The Balaban J connectivity index is 1.32. The van der Waals surface area contributed by atoms with Gasteiger partial charge in [-0.2, -0.15) is 4.98 Å². The molecule has 1 fully saturated rings. The molecule has 2 aromatic carbocycles. The van der Waals surface area contributed by atoms with Gasteiger partial charge in [-0.3, -0.25) is 20.2 Å². The number of rotatable bonds is 5. The second kappa shape index (κ2) is 9.70. The van der Waals surface area contributed by atoms with Crippen molar-refractivity contribution < 1.29 is 14.1 Å².